The van der Waals surface area contributed by atoms with Gasteiger partial charge in [0.15, 0.2) is 0 Å². The number of nitrogen functional groups attached to an aromatic ring is 1. The first-order chi connectivity index (χ1) is 10.1. The average Bonchev–Trinajstić information content (AvgIpc) is 2.77. The summed E-state index contributed by atoms with van der Waals surface area (Å²) in [7, 11) is 0. The molecule has 0 fully saturated rings. The van der Waals surface area contributed by atoms with E-state index in [-0.39, 0.29) is 5.82 Å². The zero-order chi connectivity index (χ0) is 15.0. The van der Waals surface area contributed by atoms with Gasteiger partial charge in [-0.2, -0.15) is 0 Å². The molecule has 108 valence electrons. The summed E-state index contributed by atoms with van der Waals surface area (Å²) in [5.41, 5.74) is 8.62. The maximum absolute atomic E-state index is 14.3. The highest BCUT2D eigenvalue weighted by Gasteiger charge is 2.17. The number of hydrogen-bond acceptors (Lipinski definition) is 2. The Morgan fingerprint density at radius 1 is 1.29 bits per heavy atom. The normalized spacial score (nSPS) is 11.2. The number of aromatic nitrogens is 2. The number of hydrogen-bond donors (Lipinski definition) is 1. The van der Waals surface area contributed by atoms with Crippen LogP contribution in [0.3, 0.4) is 0 Å². The molecule has 2 N–H and O–H groups in total. The Morgan fingerprint density at radius 3 is 2.81 bits per heavy atom. The van der Waals surface area contributed by atoms with Gasteiger partial charge in [0.25, 0.3) is 0 Å². The number of halogens is 2. The minimum Gasteiger partial charge on any atom is -0.399 e. The molecule has 0 bridgehead atoms. The molecule has 21 heavy (non-hydrogen) atoms. The van der Waals surface area contributed by atoms with Crippen LogP contribution in [0.15, 0.2) is 40.9 Å². The molecule has 5 heteroatoms. The van der Waals surface area contributed by atoms with E-state index in [1.165, 1.54) is 6.07 Å². The van der Waals surface area contributed by atoms with Crippen LogP contribution in [0.2, 0.25) is 0 Å². The standard InChI is InChI=1S/C16H15BrFN3/c1-2-4-15-20-13-9-10(19)7-8-14(13)21(15)16-11(17)5-3-6-12(16)18/h3,5-9H,2,4,19H2,1H3. The highest BCUT2D eigenvalue weighted by atomic mass is 79.9. The van der Waals surface area contributed by atoms with Crippen molar-refractivity contribution in [1.82, 2.24) is 9.55 Å². The van der Waals surface area contributed by atoms with E-state index < -0.39 is 0 Å². The van der Waals surface area contributed by atoms with E-state index in [2.05, 4.69) is 27.8 Å². The lowest BCUT2D eigenvalue weighted by Crippen LogP contribution is -2.04. The summed E-state index contributed by atoms with van der Waals surface area (Å²) in [4.78, 5) is 4.62. The molecule has 0 spiro atoms. The van der Waals surface area contributed by atoms with Crippen LogP contribution >= 0.6 is 15.9 Å². The van der Waals surface area contributed by atoms with Crippen molar-refractivity contribution in [2.45, 2.75) is 19.8 Å². The Kier molecular flexibility index (Phi) is 3.68. The largest absolute Gasteiger partial charge is 0.399 e. The molecule has 0 aliphatic heterocycles. The van der Waals surface area contributed by atoms with Gasteiger partial charge in [0, 0.05) is 16.6 Å². The molecule has 0 unspecified atom stereocenters. The smallest absolute Gasteiger partial charge is 0.148 e. The van der Waals surface area contributed by atoms with Crippen LogP contribution in [0, 0.1) is 5.82 Å². The summed E-state index contributed by atoms with van der Waals surface area (Å²) in [6.45, 7) is 2.08. The predicted molar refractivity (Wildman–Crippen MR) is 87.1 cm³/mol. The fourth-order valence-electron chi connectivity index (χ4n) is 2.49. The van der Waals surface area contributed by atoms with Crippen LogP contribution in [0.4, 0.5) is 10.1 Å². The van der Waals surface area contributed by atoms with Gasteiger partial charge in [0.05, 0.1) is 16.7 Å². The van der Waals surface area contributed by atoms with Crippen molar-refractivity contribution in [3.63, 3.8) is 0 Å². The summed E-state index contributed by atoms with van der Waals surface area (Å²) >= 11 is 3.44. The summed E-state index contributed by atoms with van der Waals surface area (Å²) < 4.78 is 16.9. The van der Waals surface area contributed by atoms with E-state index in [0.717, 1.165) is 29.7 Å². The number of para-hydroxylation sites is 1. The molecule has 1 aromatic heterocycles. The van der Waals surface area contributed by atoms with Gasteiger partial charge in [-0.25, -0.2) is 9.37 Å². The van der Waals surface area contributed by atoms with Crippen LogP contribution in [0.5, 0.6) is 0 Å². The number of fused-ring (bicyclic) bond motifs is 1. The molecule has 0 saturated carbocycles. The Morgan fingerprint density at radius 2 is 2.10 bits per heavy atom. The molecule has 3 aromatic rings. The molecule has 0 radical (unpaired) electrons. The van der Waals surface area contributed by atoms with Crippen LogP contribution < -0.4 is 5.73 Å². The Hall–Kier alpha value is -1.88. The van der Waals surface area contributed by atoms with Crippen LogP contribution in [-0.2, 0) is 6.42 Å². The van der Waals surface area contributed by atoms with Gasteiger partial charge in [0.1, 0.15) is 11.6 Å². The van der Waals surface area contributed by atoms with E-state index in [0.29, 0.717) is 15.8 Å². The second kappa shape index (κ2) is 5.48. The quantitative estimate of drug-likeness (QED) is 0.710. The SMILES string of the molecule is CCCc1nc2cc(N)ccc2n1-c1c(F)cccc1Br. The Bertz CT molecular complexity index is 790. The van der Waals surface area contributed by atoms with E-state index >= 15 is 0 Å². The highest BCUT2D eigenvalue weighted by molar-refractivity contribution is 9.10. The van der Waals surface area contributed by atoms with Crippen molar-refractivity contribution in [2.24, 2.45) is 0 Å². The second-order valence-corrected chi connectivity index (χ2v) is 5.79. The molecule has 0 amide bonds. The lowest BCUT2D eigenvalue weighted by Gasteiger charge is -2.12. The van der Waals surface area contributed by atoms with E-state index in [9.17, 15) is 4.39 Å². The van der Waals surface area contributed by atoms with Gasteiger partial charge < -0.3 is 5.73 Å². The molecule has 0 aliphatic rings. The van der Waals surface area contributed by atoms with Crippen molar-refractivity contribution in [1.29, 1.82) is 0 Å². The number of nitrogens with zero attached hydrogens (tertiary/aromatic N) is 2. The van der Waals surface area contributed by atoms with Gasteiger partial charge in [-0.3, -0.25) is 4.57 Å². The Labute approximate surface area is 130 Å². The van der Waals surface area contributed by atoms with Gasteiger partial charge in [-0.15, -0.1) is 0 Å². The maximum atomic E-state index is 14.3. The summed E-state index contributed by atoms with van der Waals surface area (Å²) in [6.07, 6.45) is 1.71. The van der Waals surface area contributed by atoms with Gasteiger partial charge >= 0.3 is 0 Å². The third-order valence-corrected chi connectivity index (χ3v) is 4.02. The monoisotopic (exact) mass is 347 g/mol. The molecule has 1 heterocycles. The second-order valence-electron chi connectivity index (χ2n) is 4.93. The van der Waals surface area contributed by atoms with Crippen molar-refractivity contribution < 1.29 is 4.39 Å². The molecule has 2 aromatic carbocycles. The van der Waals surface area contributed by atoms with E-state index in [1.54, 1.807) is 6.07 Å². The van der Waals surface area contributed by atoms with Crippen molar-refractivity contribution in [2.75, 3.05) is 5.73 Å². The number of benzene rings is 2. The van der Waals surface area contributed by atoms with Gasteiger partial charge in [-0.05, 0) is 52.7 Å². The first-order valence-electron chi connectivity index (χ1n) is 6.83. The van der Waals surface area contributed by atoms with Crippen molar-refractivity contribution >= 4 is 32.7 Å². The van der Waals surface area contributed by atoms with E-state index in [1.807, 2.05) is 28.8 Å². The number of aryl methyl sites for hydroxylation is 1. The molecular weight excluding hydrogens is 333 g/mol. The zero-order valence-corrected chi connectivity index (χ0v) is 13.2. The number of imidazole rings is 1. The fourth-order valence-corrected chi connectivity index (χ4v) is 3.01. The molecule has 3 rings (SSSR count). The third kappa shape index (κ3) is 2.42. The number of nitrogens with two attached hydrogens (primary N) is 1. The minimum absolute atomic E-state index is 0.280. The fraction of sp³-hybridized carbons (Fsp3) is 0.188. The van der Waals surface area contributed by atoms with Gasteiger partial charge in [0.2, 0.25) is 0 Å². The summed E-state index contributed by atoms with van der Waals surface area (Å²) in [6, 6.07) is 10.5. The average molecular weight is 348 g/mol. The maximum Gasteiger partial charge on any atom is 0.148 e. The molecule has 0 atom stereocenters. The van der Waals surface area contributed by atoms with Crippen LogP contribution in [0.25, 0.3) is 16.7 Å². The van der Waals surface area contributed by atoms with Crippen LogP contribution in [-0.4, -0.2) is 9.55 Å². The number of rotatable bonds is 3. The van der Waals surface area contributed by atoms with Gasteiger partial charge in [-0.1, -0.05) is 13.0 Å². The summed E-state index contributed by atoms with van der Waals surface area (Å²) in [5.74, 6) is 0.557. The first-order valence-corrected chi connectivity index (χ1v) is 7.62. The van der Waals surface area contributed by atoms with E-state index in [4.69, 9.17) is 5.73 Å². The lowest BCUT2D eigenvalue weighted by molar-refractivity contribution is 0.614. The van der Waals surface area contributed by atoms with Crippen molar-refractivity contribution in [3.8, 4) is 5.69 Å². The first kappa shape index (κ1) is 14.1. The Balaban J connectivity index is 2.36. The topological polar surface area (TPSA) is 43.8 Å². The predicted octanol–water partition coefficient (Wildman–Crippen LogP) is 4.46. The van der Waals surface area contributed by atoms with Crippen molar-refractivity contribution in [3.05, 3.63) is 52.5 Å². The molecular formula is C16H15BrFN3. The summed E-state index contributed by atoms with van der Waals surface area (Å²) in [5, 5.41) is 0. The molecule has 0 aliphatic carbocycles. The molecule has 0 saturated heterocycles. The lowest BCUT2D eigenvalue weighted by atomic mass is 10.2. The molecule has 3 nitrogen and oxygen atoms in total. The zero-order valence-electron chi connectivity index (χ0n) is 11.6. The highest BCUT2D eigenvalue weighted by Crippen LogP contribution is 2.30. The van der Waals surface area contributed by atoms with Crippen LogP contribution in [0.1, 0.15) is 19.2 Å². The number of anilines is 1. The minimum atomic E-state index is -0.280. The third-order valence-electron chi connectivity index (χ3n) is 3.38.